The van der Waals surface area contributed by atoms with Crippen LogP contribution in [0.4, 0.5) is 0 Å². The standard InChI is InChI=1S/C6H17NO3Si/c1-5(2)4-6(3)7-11(8,9)10/h5-10H,4H2,1-3H3. The van der Waals surface area contributed by atoms with Crippen molar-refractivity contribution in [2.75, 3.05) is 0 Å². The summed E-state index contributed by atoms with van der Waals surface area (Å²) in [6, 6.07) is -0.0540. The van der Waals surface area contributed by atoms with Crippen molar-refractivity contribution in [2.24, 2.45) is 5.92 Å². The van der Waals surface area contributed by atoms with E-state index in [1.54, 1.807) is 0 Å². The second-order valence-electron chi connectivity index (χ2n) is 3.31. The second kappa shape index (κ2) is 4.17. The molecule has 0 spiro atoms. The fraction of sp³-hybridized carbons (Fsp3) is 1.00. The van der Waals surface area contributed by atoms with E-state index in [0.29, 0.717) is 5.92 Å². The Balaban J connectivity index is 3.61. The zero-order chi connectivity index (χ0) is 9.07. The highest BCUT2D eigenvalue weighted by Crippen LogP contribution is 2.04. The van der Waals surface area contributed by atoms with E-state index in [4.69, 9.17) is 14.4 Å². The minimum atomic E-state index is -4.04. The van der Waals surface area contributed by atoms with Crippen LogP contribution in [-0.2, 0) is 0 Å². The van der Waals surface area contributed by atoms with Crippen molar-refractivity contribution in [3.63, 3.8) is 0 Å². The van der Waals surface area contributed by atoms with Crippen LogP contribution in [0.5, 0.6) is 0 Å². The van der Waals surface area contributed by atoms with E-state index in [0.717, 1.165) is 6.42 Å². The van der Waals surface area contributed by atoms with Crippen molar-refractivity contribution >= 4 is 8.97 Å². The maximum Gasteiger partial charge on any atom is 0.588 e. The molecule has 0 radical (unpaired) electrons. The lowest BCUT2D eigenvalue weighted by Crippen LogP contribution is -2.55. The summed E-state index contributed by atoms with van der Waals surface area (Å²) in [5.41, 5.74) is 0. The van der Waals surface area contributed by atoms with Crippen molar-refractivity contribution in [1.29, 1.82) is 0 Å². The summed E-state index contributed by atoms with van der Waals surface area (Å²) in [7, 11) is -4.04. The molecule has 0 aliphatic carbocycles. The van der Waals surface area contributed by atoms with Crippen molar-refractivity contribution in [2.45, 2.75) is 33.2 Å². The minimum absolute atomic E-state index is 0.0540. The maximum atomic E-state index is 8.64. The van der Waals surface area contributed by atoms with Crippen molar-refractivity contribution in [1.82, 2.24) is 4.98 Å². The van der Waals surface area contributed by atoms with E-state index in [1.165, 1.54) is 0 Å². The average molecular weight is 179 g/mol. The van der Waals surface area contributed by atoms with Crippen LogP contribution in [0.1, 0.15) is 27.2 Å². The van der Waals surface area contributed by atoms with Crippen LogP contribution in [0.2, 0.25) is 0 Å². The van der Waals surface area contributed by atoms with E-state index < -0.39 is 8.97 Å². The van der Waals surface area contributed by atoms with E-state index >= 15 is 0 Å². The topological polar surface area (TPSA) is 72.7 Å². The Labute approximate surface area is 68.3 Å². The highest BCUT2D eigenvalue weighted by atomic mass is 28.4. The highest BCUT2D eigenvalue weighted by molar-refractivity contribution is 6.53. The Hall–Kier alpha value is 0.0569. The van der Waals surface area contributed by atoms with Gasteiger partial charge in [0.1, 0.15) is 0 Å². The lowest BCUT2D eigenvalue weighted by molar-refractivity contribution is 0.199. The fourth-order valence-corrected chi connectivity index (χ4v) is 1.88. The molecule has 1 atom stereocenters. The zero-order valence-electron chi connectivity index (χ0n) is 7.20. The Morgan fingerprint density at radius 2 is 1.64 bits per heavy atom. The molecule has 0 aromatic rings. The van der Waals surface area contributed by atoms with Gasteiger partial charge in [0.05, 0.1) is 0 Å². The molecule has 0 fully saturated rings. The van der Waals surface area contributed by atoms with Gasteiger partial charge in [-0.05, 0) is 12.3 Å². The van der Waals surface area contributed by atoms with Crippen LogP contribution in [0.3, 0.4) is 0 Å². The minimum Gasteiger partial charge on any atom is -0.377 e. The molecule has 0 saturated heterocycles. The van der Waals surface area contributed by atoms with Gasteiger partial charge in [0.25, 0.3) is 0 Å². The lowest BCUT2D eigenvalue weighted by Gasteiger charge is -2.19. The van der Waals surface area contributed by atoms with Gasteiger partial charge in [-0.3, -0.25) is 4.98 Å². The molecule has 0 bridgehead atoms. The summed E-state index contributed by atoms with van der Waals surface area (Å²) >= 11 is 0. The largest absolute Gasteiger partial charge is 0.588 e. The van der Waals surface area contributed by atoms with Crippen LogP contribution in [-0.4, -0.2) is 29.4 Å². The summed E-state index contributed by atoms with van der Waals surface area (Å²) in [4.78, 5) is 28.3. The van der Waals surface area contributed by atoms with Crippen LogP contribution in [0.15, 0.2) is 0 Å². The first-order valence-electron chi connectivity index (χ1n) is 3.76. The van der Waals surface area contributed by atoms with Gasteiger partial charge in [-0.2, -0.15) is 0 Å². The molecule has 4 N–H and O–H groups in total. The number of rotatable bonds is 4. The third kappa shape index (κ3) is 7.96. The van der Waals surface area contributed by atoms with Crippen LogP contribution in [0, 0.1) is 5.92 Å². The highest BCUT2D eigenvalue weighted by Gasteiger charge is 2.29. The van der Waals surface area contributed by atoms with Gasteiger partial charge < -0.3 is 14.4 Å². The van der Waals surface area contributed by atoms with Crippen molar-refractivity contribution in [3.05, 3.63) is 0 Å². The molecule has 0 aliphatic rings. The summed E-state index contributed by atoms with van der Waals surface area (Å²) in [5.74, 6) is 0.480. The van der Waals surface area contributed by atoms with E-state index in [1.807, 2.05) is 20.8 Å². The smallest absolute Gasteiger partial charge is 0.377 e. The zero-order valence-corrected chi connectivity index (χ0v) is 8.20. The Kier molecular flexibility index (Phi) is 4.20. The molecule has 0 saturated carbocycles. The number of nitrogens with one attached hydrogen (secondary N) is 1. The molecule has 0 heterocycles. The predicted octanol–water partition coefficient (Wildman–Crippen LogP) is -0.577. The molecule has 0 amide bonds. The molecule has 0 rings (SSSR count). The monoisotopic (exact) mass is 179 g/mol. The van der Waals surface area contributed by atoms with Gasteiger partial charge in [-0.25, -0.2) is 0 Å². The fourth-order valence-electron chi connectivity index (χ4n) is 1.10. The Bertz CT molecular complexity index is 113. The quantitative estimate of drug-likeness (QED) is 0.436. The average Bonchev–Trinajstić information content (AvgIpc) is 1.53. The third-order valence-corrected chi connectivity index (χ3v) is 2.15. The van der Waals surface area contributed by atoms with Crippen LogP contribution >= 0.6 is 0 Å². The van der Waals surface area contributed by atoms with Crippen molar-refractivity contribution in [3.8, 4) is 0 Å². The maximum absolute atomic E-state index is 8.64. The molecule has 68 valence electrons. The number of hydrogen-bond acceptors (Lipinski definition) is 4. The molecule has 4 nitrogen and oxygen atoms in total. The SMILES string of the molecule is CC(C)CC(C)N[Si](O)(O)O. The van der Waals surface area contributed by atoms with Crippen LogP contribution < -0.4 is 4.98 Å². The normalized spacial score (nSPS) is 15.5. The summed E-state index contributed by atoms with van der Waals surface area (Å²) in [5, 5.41) is 0. The molecule has 1 unspecified atom stereocenters. The summed E-state index contributed by atoms with van der Waals surface area (Å²) in [6.07, 6.45) is 0.816. The molecule has 0 aliphatic heterocycles. The van der Waals surface area contributed by atoms with E-state index in [2.05, 4.69) is 4.98 Å². The first kappa shape index (κ1) is 11.1. The lowest BCUT2D eigenvalue weighted by atomic mass is 10.1. The summed E-state index contributed by atoms with van der Waals surface area (Å²) < 4.78 is 0. The molecular weight excluding hydrogens is 162 g/mol. The second-order valence-corrected chi connectivity index (χ2v) is 4.87. The van der Waals surface area contributed by atoms with Gasteiger partial charge in [0.2, 0.25) is 0 Å². The molecule has 0 aromatic carbocycles. The van der Waals surface area contributed by atoms with Gasteiger partial charge in [-0.1, -0.05) is 20.8 Å². The van der Waals surface area contributed by atoms with Crippen molar-refractivity contribution < 1.29 is 14.4 Å². The molecule has 0 aromatic heterocycles. The van der Waals surface area contributed by atoms with E-state index in [9.17, 15) is 0 Å². The molecular formula is C6H17NO3Si. The van der Waals surface area contributed by atoms with Gasteiger partial charge in [0.15, 0.2) is 0 Å². The Morgan fingerprint density at radius 3 is 1.91 bits per heavy atom. The third-order valence-electron chi connectivity index (χ3n) is 1.27. The van der Waals surface area contributed by atoms with Gasteiger partial charge >= 0.3 is 8.97 Å². The molecule has 5 heteroatoms. The molecule has 11 heavy (non-hydrogen) atoms. The first-order chi connectivity index (χ1) is 4.81. The number of hydrogen-bond donors (Lipinski definition) is 4. The van der Waals surface area contributed by atoms with Gasteiger partial charge in [0, 0.05) is 6.04 Å². The predicted molar refractivity (Wildman–Crippen MR) is 44.5 cm³/mol. The first-order valence-corrected chi connectivity index (χ1v) is 5.60. The van der Waals surface area contributed by atoms with E-state index in [-0.39, 0.29) is 6.04 Å². The van der Waals surface area contributed by atoms with Gasteiger partial charge in [-0.15, -0.1) is 0 Å². The van der Waals surface area contributed by atoms with Crippen LogP contribution in [0.25, 0.3) is 0 Å². The summed E-state index contributed by atoms with van der Waals surface area (Å²) in [6.45, 7) is 5.88. The Morgan fingerprint density at radius 1 is 1.18 bits per heavy atom.